The van der Waals surface area contributed by atoms with Crippen LogP contribution in [-0.4, -0.2) is 43.5 Å². The van der Waals surface area contributed by atoms with E-state index in [1.54, 1.807) is 48.5 Å². The van der Waals surface area contributed by atoms with E-state index >= 15 is 0 Å². The molecule has 34 heavy (non-hydrogen) atoms. The van der Waals surface area contributed by atoms with Crippen LogP contribution in [0, 0.1) is 0 Å². The van der Waals surface area contributed by atoms with Crippen molar-refractivity contribution in [2.75, 3.05) is 19.8 Å². The van der Waals surface area contributed by atoms with E-state index in [9.17, 15) is 14.4 Å². The molecule has 7 heteroatoms. The molecule has 1 N–H and O–H groups in total. The number of rotatable bonds is 8. The quantitative estimate of drug-likeness (QED) is 0.409. The van der Waals surface area contributed by atoms with Crippen LogP contribution in [0.25, 0.3) is 0 Å². The van der Waals surface area contributed by atoms with E-state index in [0.717, 1.165) is 12.0 Å². The minimum Gasteiger partial charge on any atom is -0.490 e. The predicted octanol–water partition coefficient (Wildman–Crippen LogP) is 3.62. The third kappa shape index (κ3) is 6.01. The maximum atomic E-state index is 12.9. The Morgan fingerprint density at radius 1 is 0.824 bits per heavy atom. The van der Waals surface area contributed by atoms with Crippen molar-refractivity contribution in [1.82, 2.24) is 5.32 Å². The number of carbonyl (C=O) groups is 3. The summed E-state index contributed by atoms with van der Waals surface area (Å²) >= 11 is 0. The minimum absolute atomic E-state index is 0.233. The second-order valence-corrected chi connectivity index (χ2v) is 7.82. The predicted molar refractivity (Wildman–Crippen MR) is 125 cm³/mol. The summed E-state index contributed by atoms with van der Waals surface area (Å²) < 4.78 is 16.5. The fraction of sp³-hybridized carbons (Fsp3) is 0.222. The molecule has 7 nitrogen and oxygen atoms in total. The number of ketones is 1. The molecule has 0 saturated carbocycles. The van der Waals surface area contributed by atoms with Gasteiger partial charge in [0, 0.05) is 24.0 Å². The van der Waals surface area contributed by atoms with Crippen LogP contribution in [0.5, 0.6) is 11.5 Å². The summed E-state index contributed by atoms with van der Waals surface area (Å²) in [5.41, 5.74) is 1.63. The van der Waals surface area contributed by atoms with Crippen molar-refractivity contribution in [3.63, 3.8) is 0 Å². The molecule has 4 rings (SSSR count). The van der Waals surface area contributed by atoms with Crippen LogP contribution < -0.4 is 14.8 Å². The maximum absolute atomic E-state index is 12.9. The van der Waals surface area contributed by atoms with E-state index in [0.29, 0.717) is 35.8 Å². The number of carbonyl (C=O) groups excluding carboxylic acids is 3. The SMILES string of the molecule is O=C(COC(=O)C(Cc1ccccc1)NC(=O)c1ccccc1)c1ccc2c(c1)OCCCO2. The van der Waals surface area contributed by atoms with E-state index in [1.807, 2.05) is 30.3 Å². The zero-order valence-electron chi connectivity index (χ0n) is 18.6. The number of Topliss-reactive ketones (excluding diaryl/α,β-unsaturated/α-hetero) is 1. The maximum Gasteiger partial charge on any atom is 0.329 e. The average Bonchev–Trinajstić information content (AvgIpc) is 3.12. The van der Waals surface area contributed by atoms with Crippen molar-refractivity contribution in [3.8, 4) is 11.5 Å². The first-order chi connectivity index (χ1) is 16.6. The molecule has 3 aromatic carbocycles. The van der Waals surface area contributed by atoms with Gasteiger partial charge in [-0.3, -0.25) is 9.59 Å². The van der Waals surface area contributed by atoms with Gasteiger partial charge in [0.2, 0.25) is 0 Å². The van der Waals surface area contributed by atoms with Crippen molar-refractivity contribution in [3.05, 3.63) is 95.6 Å². The normalized spacial score (nSPS) is 13.3. The average molecular weight is 459 g/mol. The van der Waals surface area contributed by atoms with E-state index in [4.69, 9.17) is 14.2 Å². The minimum atomic E-state index is -0.952. The highest BCUT2D eigenvalue weighted by Gasteiger charge is 2.25. The molecule has 0 bridgehead atoms. The molecule has 0 aromatic heterocycles. The molecule has 1 unspecified atom stereocenters. The Balaban J connectivity index is 1.43. The van der Waals surface area contributed by atoms with Crippen LogP contribution in [0.4, 0.5) is 0 Å². The molecule has 174 valence electrons. The Labute approximate surface area is 197 Å². The van der Waals surface area contributed by atoms with Crippen molar-refractivity contribution in [1.29, 1.82) is 0 Å². The van der Waals surface area contributed by atoms with E-state index < -0.39 is 24.5 Å². The van der Waals surface area contributed by atoms with Gasteiger partial charge < -0.3 is 19.5 Å². The molecule has 1 amide bonds. The molecule has 0 spiro atoms. The second kappa shape index (κ2) is 11.1. The summed E-state index contributed by atoms with van der Waals surface area (Å²) in [5, 5.41) is 2.73. The number of esters is 1. The number of ether oxygens (including phenoxy) is 3. The van der Waals surface area contributed by atoms with Crippen LogP contribution in [0.3, 0.4) is 0 Å². The number of hydrogen-bond acceptors (Lipinski definition) is 6. The van der Waals surface area contributed by atoms with Crippen molar-refractivity contribution in [2.24, 2.45) is 0 Å². The highest BCUT2D eigenvalue weighted by Crippen LogP contribution is 2.30. The molecule has 1 aliphatic heterocycles. The molecule has 1 heterocycles. The lowest BCUT2D eigenvalue weighted by Crippen LogP contribution is -2.43. The molecule has 0 saturated heterocycles. The van der Waals surface area contributed by atoms with E-state index in [2.05, 4.69) is 5.32 Å². The summed E-state index contributed by atoms with van der Waals surface area (Å²) in [6.45, 7) is 0.599. The number of amides is 1. The summed E-state index contributed by atoms with van der Waals surface area (Å²) in [7, 11) is 0. The van der Waals surface area contributed by atoms with Gasteiger partial charge in [0.15, 0.2) is 23.9 Å². The van der Waals surface area contributed by atoms with Crippen LogP contribution in [0.2, 0.25) is 0 Å². The first kappa shape index (κ1) is 23.0. The van der Waals surface area contributed by atoms with Gasteiger partial charge in [0.05, 0.1) is 13.2 Å². The van der Waals surface area contributed by atoms with Crippen molar-refractivity contribution < 1.29 is 28.6 Å². The van der Waals surface area contributed by atoms with Gasteiger partial charge in [0.25, 0.3) is 5.91 Å². The van der Waals surface area contributed by atoms with Gasteiger partial charge in [-0.25, -0.2) is 4.79 Å². The lowest BCUT2D eigenvalue weighted by Gasteiger charge is -2.18. The van der Waals surface area contributed by atoms with Crippen LogP contribution in [0.15, 0.2) is 78.9 Å². The van der Waals surface area contributed by atoms with Gasteiger partial charge in [-0.15, -0.1) is 0 Å². The largest absolute Gasteiger partial charge is 0.490 e. The van der Waals surface area contributed by atoms with Gasteiger partial charge >= 0.3 is 5.97 Å². The molecule has 0 aliphatic carbocycles. The van der Waals surface area contributed by atoms with E-state index in [1.165, 1.54) is 0 Å². The lowest BCUT2D eigenvalue weighted by molar-refractivity contribution is -0.144. The third-order valence-corrected chi connectivity index (χ3v) is 5.32. The number of nitrogens with one attached hydrogen (secondary N) is 1. The van der Waals surface area contributed by atoms with Crippen molar-refractivity contribution in [2.45, 2.75) is 18.9 Å². The molecule has 0 fully saturated rings. The lowest BCUT2D eigenvalue weighted by atomic mass is 10.1. The standard InChI is InChI=1S/C27H25NO6/c29-23(21-12-13-24-25(17-21)33-15-7-14-32-24)18-34-27(31)22(16-19-8-3-1-4-9-19)28-26(30)20-10-5-2-6-11-20/h1-6,8-13,17,22H,7,14-16,18H2,(H,28,30). The van der Waals surface area contributed by atoms with Gasteiger partial charge in [-0.2, -0.15) is 0 Å². The zero-order chi connectivity index (χ0) is 23.8. The second-order valence-electron chi connectivity index (χ2n) is 7.82. The Morgan fingerprint density at radius 2 is 1.50 bits per heavy atom. The molecule has 3 aromatic rings. The number of fused-ring (bicyclic) bond motifs is 1. The fourth-order valence-electron chi connectivity index (χ4n) is 3.53. The van der Waals surface area contributed by atoms with Crippen LogP contribution in [-0.2, 0) is 16.0 Å². The van der Waals surface area contributed by atoms with Crippen LogP contribution >= 0.6 is 0 Å². The molecule has 0 radical (unpaired) electrons. The Bertz CT molecular complexity index is 1150. The smallest absolute Gasteiger partial charge is 0.329 e. The highest BCUT2D eigenvalue weighted by atomic mass is 16.5. The highest BCUT2D eigenvalue weighted by molar-refractivity contribution is 5.99. The van der Waals surface area contributed by atoms with Crippen molar-refractivity contribution >= 4 is 17.7 Å². The monoisotopic (exact) mass is 459 g/mol. The first-order valence-corrected chi connectivity index (χ1v) is 11.1. The topological polar surface area (TPSA) is 90.9 Å². The van der Waals surface area contributed by atoms with E-state index in [-0.39, 0.29) is 12.2 Å². The Kier molecular flexibility index (Phi) is 7.55. The summed E-state index contributed by atoms with van der Waals surface area (Å²) in [6.07, 6.45) is 0.990. The molecular formula is C27H25NO6. The Hall–Kier alpha value is -4.13. The summed E-state index contributed by atoms with van der Waals surface area (Å²) in [6, 6.07) is 21.8. The summed E-state index contributed by atoms with van der Waals surface area (Å²) in [4.78, 5) is 38.2. The Morgan fingerprint density at radius 3 is 2.24 bits per heavy atom. The first-order valence-electron chi connectivity index (χ1n) is 11.1. The molecule has 1 atom stereocenters. The number of hydrogen-bond donors (Lipinski definition) is 1. The van der Waals surface area contributed by atoms with Gasteiger partial charge in [-0.1, -0.05) is 48.5 Å². The fourth-order valence-corrected chi connectivity index (χ4v) is 3.53. The molecular weight excluding hydrogens is 434 g/mol. The zero-order valence-corrected chi connectivity index (χ0v) is 18.6. The molecule has 1 aliphatic rings. The third-order valence-electron chi connectivity index (χ3n) is 5.32. The van der Waals surface area contributed by atoms with Gasteiger partial charge in [0.1, 0.15) is 6.04 Å². The van der Waals surface area contributed by atoms with Crippen LogP contribution in [0.1, 0.15) is 32.7 Å². The summed E-state index contributed by atoms with van der Waals surface area (Å²) in [5.74, 6) is -0.385. The number of benzene rings is 3. The van der Waals surface area contributed by atoms with Gasteiger partial charge in [-0.05, 0) is 35.9 Å².